The smallest absolute Gasteiger partial charge is 0.264 e. The van der Waals surface area contributed by atoms with Crippen LogP contribution in [0.1, 0.15) is 61.1 Å². The van der Waals surface area contributed by atoms with Crippen molar-refractivity contribution in [3.8, 4) is 11.6 Å². The molecule has 1 N–H and O–H groups in total. The number of hydrogen-bond acceptors (Lipinski definition) is 4. The molecule has 0 aliphatic heterocycles. The molecule has 5 nitrogen and oxygen atoms in total. The van der Waals surface area contributed by atoms with Gasteiger partial charge in [0.15, 0.2) is 6.29 Å². The fourth-order valence-electron chi connectivity index (χ4n) is 3.42. The normalized spacial score (nSPS) is 19.7. The fourth-order valence-corrected chi connectivity index (χ4v) is 3.42. The Hall–Kier alpha value is -1.91. The van der Waals surface area contributed by atoms with Crippen LogP contribution in [-0.2, 0) is 0 Å². The molecule has 0 bridgehead atoms. The van der Waals surface area contributed by atoms with Gasteiger partial charge in [-0.3, -0.25) is 4.79 Å². The summed E-state index contributed by atoms with van der Waals surface area (Å²) in [5.41, 5.74) is 3.40. The molecule has 112 valence electrons. The average Bonchev–Trinajstić information content (AvgIpc) is 2.80. The standard InChI is InChI=1S/C16H21N3O2/c1-8-10(7-20)9(2)17-11(8)13-18-19-14(21-13)12-15(3,4)16(12,5)6/h7,12,17H,1-6H3. The van der Waals surface area contributed by atoms with Crippen LogP contribution in [-0.4, -0.2) is 21.5 Å². The van der Waals surface area contributed by atoms with Gasteiger partial charge >= 0.3 is 0 Å². The fraction of sp³-hybridized carbons (Fsp3) is 0.562. The molecule has 0 saturated heterocycles. The third-order valence-electron chi connectivity index (χ3n) is 5.54. The Morgan fingerprint density at radius 1 is 1.14 bits per heavy atom. The summed E-state index contributed by atoms with van der Waals surface area (Å²) < 4.78 is 5.89. The summed E-state index contributed by atoms with van der Waals surface area (Å²) in [6.07, 6.45) is 0.856. The minimum atomic E-state index is 0.158. The van der Waals surface area contributed by atoms with Crippen LogP contribution in [0.25, 0.3) is 11.6 Å². The molecule has 5 heteroatoms. The summed E-state index contributed by atoms with van der Waals surface area (Å²) in [4.78, 5) is 14.3. The third-order valence-corrected chi connectivity index (χ3v) is 5.54. The highest BCUT2D eigenvalue weighted by Gasteiger charge is 2.67. The summed E-state index contributed by atoms with van der Waals surface area (Å²) in [6, 6.07) is 0. The first-order valence-electron chi connectivity index (χ1n) is 7.20. The van der Waals surface area contributed by atoms with Crippen LogP contribution >= 0.6 is 0 Å². The first-order chi connectivity index (χ1) is 9.71. The van der Waals surface area contributed by atoms with E-state index in [1.807, 2.05) is 13.8 Å². The molecule has 1 fully saturated rings. The van der Waals surface area contributed by atoms with Gasteiger partial charge in [0.2, 0.25) is 5.89 Å². The first kappa shape index (κ1) is 14.0. The van der Waals surface area contributed by atoms with Gasteiger partial charge in [-0.05, 0) is 30.2 Å². The molecule has 3 rings (SSSR count). The number of aromatic nitrogens is 3. The van der Waals surface area contributed by atoms with Crippen molar-refractivity contribution in [2.75, 3.05) is 0 Å². The Labute approximate surface area is 124 Å². The summed E-state index contributed by atoms with van der Waals surface area (Å²) in [6.45, 7) is 12.6. The van der Waals surface area contributed by atoms with E-state index in [0.29, 0.717) is 17.3 Å². The number of rotatable bonds is 3. The largest absolute Gasteiger partial charge is 0.419 e. The number of aldehydes is 1. The Morgan fingerprint density at radius 3 is 2.24 bits per heavy atom. The van der Waals surface area contributed by atoms with Crippen molar-refractivity contribution in [2.45, 2.75) is 47.5 Å². The van der Waals surface area contributed by atoms with E-state index in [-0.39, 0.29) is 16.7 Å². The second-order valence-electron chi connectivity index (χ2n) is 7.10. The molecule has 1 aliphatic rings. The van der Waals surface area contributed by atoms with Crippen molar-refractivity contribution < 1.29 is 9.21 Å². The zero-order valence-corrected chi connectivity index (χ0v) is 13.4. The van der Waals surface area contributed by atoms with Crippen LogP contribution < -0.4 is 0 Å². The second kappa shape index (κ2) is 4.06. The van der Waals surface area contributed by atoms with E-state index < -0.39 is 0 Å². The molecule has 0 spiro atoms. The molecular formula is C16H21N3O2. The molecule has 2 aromatic heterocycles. The molecule has 2 aromatic rings. The van der Waals surface area contributed by atoms with Gasteiger partial charge in [0.1, 0.15) is 5.69 Å². The Kier molecular flexibility index (Phi) is 2.71. The van der Waals surface area contributed by atoms with Crippen molar-refractivity contribution in [3.05, 3.63) is 22.7 Å². The highest BCUT2D eigenvalue weighted by atomic mass is 16.4. The van der Waals surface area contributed by atoms with Crippen LogP contribution in [0.5, 0.6) is 0 Å². The van der Waals surface area contributed by atoms with Gasteiger partial charge in [-0.15, -0.1) is 10.2 Å². The molecule has 0 aromatic carbocycles. The highest BCUT2D eigenvalue weighted by molar-refractivity contribution is 5.82. The lowest BCUT2D eigenvalue weighted by molar-refractivity contribution is 0.112. The van der Waals surface area contributed by atoms with Gasteiger partial charge in [-0.2, -0.15) is 0 Å². The lowest BCUT2D eigenvalue weighted by Gasteiger charge is -2.03. The highest BCUT2D eigenvalue weighted by Crippen LogP contribution is 2.73. The van der Waals surface area contributed by atoms with Crippen molar-refractivity contribution in [2.24, 2.45) is 10.8 Å². The molecule has 1 aliphatic carbocycles. The third kappa shape index (κ3) is 1.73. The first-order valence-corrected chi connectivity index (χ1v) is 7.20. The Bertz CT molecular complexity index is 708. The topological polar surface area (TPSA) is 71.8 Å². The van der Waals surface area contributed by atoms with Gasteiger partial charge in [-0.25, -0.2) is 0 Å². The van der Waals surface area contributed by atoms with Crippen LogP contribution in [0.2, 0.25) is 0 Å². The quantitative estimate of drug-likeness (QED) is 0.875. The summed E-state index contributed by atoms with van der Waals surface area (Å²) in [5.74, 6) is 1.41. The number of nitrogens with zero attached hydrogens (tertiary/aromatic N) is 2. The number of hydrogen-bond donors (Lipinski definition) is 1. The number of carbonyl (C=O) groups is 1. The molecule has 21 heavy (non-hydrogen) atoms. The van der Waals surface area contributed by atoms with E-state index in [0.717, 1.165) is 23.2 Å². The maximum atomic E-state index is 11.1. The van der Waals surface area contributed by atoms with Crippen LogP contribution in [0.3, 0.4) is 0 Å². The molecule has 0 unspecified atom stereocenters. The average molecular weight is 287 g/mol. The maximum absolute atomic E-state index is 11.1. The van der Waals surface area contributed by atoms with Gasteiger partial charge < -0.3 is 9.40 Å². The van der Waals surface area contributed by atoms with Crippen molar-refractivity contribution in [3.63, 3.8) is 0 Å². The minimum absolute atomic E-state index is 0.158. The molecule has 0 amide bonds. The van der Waals surface area contributed by atoms with Crippen LogP contribution in [0.4, 0.5) is 0 Å². The predicted octanol–water partition coefficient (Wildman–Crippen LogP) is 3.64. The predicted molar refractivity (Wildman–Crippen MR) is 79.2 cm³/mol. The minimum Gasteiger partial charge on any atom is -0.419 e. The van der Waals surface area contributed by atoms with E-state index >= 15 is 0 Å². The van der Waals surface area contributed by atoms with E-state index in [1.165, 1.54) is 0 Å². The Morgan fingerprint density at radius 2 is 1.76 bits per heavy atom. The molecular weight excluding hydrogens is 266 g/mol. The molecule has 1 saturated carbocycles. The number of nitrogens with one attached hydrogen (secondary N) is 1. The zero-order chi connectivity index (χ0) is 15.6. The maximum Gasteiger partial charge on any atom is 0.264 e. The zero-order valence-electron chi connectivity index (χ0n) is 13.4. The van der Waals surface area contributed by atoms with Gasteiger partial charge in [0.25, 0.3) is 5.89 Å². The summed E-state index contributed by atoms with van der Waals surface area (Å²) in [7, 11) is 0. The Balaban J connectivity index is 1.99. The molecule has 0 atom stereocenters. The van der Waals surface area contributed by atoms with Crippen molar-refractivity contribution in [1.29, 1.82) is 0 Å². The summed E-state index contributed by atoms with van der Waals surface area (Å²) >= 11 is 0. The van der Waals surface area contributed by atoms with Gasteiger partial charge in [0.05, 0.1) is 0 Å². The number of aryl methyl sites for hydroxylation is 1. The van der Waals surface area contributed by atoms with E-state index in [9.17, 15) is 4.79 Å². The lowest BCUT2D eigenvalue weighted by Crippen LogP contribution is -1.95. The number of H-pyrrole nitrogens is 1. The van der Waals surface area contributed by atoms with Crippen molar-refractivity contribution in [1.82, 2.24) is 15.2 Å². The SMILES string of the molecule is Cc1[nH]c(-c2nnc(C3C(C)(C)C3(C)C)o2)c(C)c1C=O. The second-order valence-corrected chi connectivity index (χ2v) is 7.10. The lowest BCUT2D eigenvalue weighted by atomic mass is 10.0. The monoisotopic (exact) mass is 287 g/mol. The van der Waals surface area contributed by atoms with Crippen molar-refractivity contribution >= 4 is 6.29 Å². The van der Waals surface area contributed by atoms with E-state index in [2.05, 4.69) is 42.9 Å². The van der Waals surface area contributed by atoms with E-state index in [1.54, 1.807) is 0 Å². The molecule has 2 heterocycles. The molecule has 0 radical (unpaired) electrons. The van der Waals surface area contributed by atoms with Crippen LogP contribution in [0, 0.1) is 24.7 Å². The summed E-state index contributed by atoms with van der Waals surface area (Å²) in [5, 5.41) is 8.39. The number of carbonyl (C=O) groups excluding carboxylic acids is 1. The van der Waals surface area contributed by atoms with Crippen LogP contribution in [0.15, 0.2) is 4.42 Å². The van der Waals surface area contributed by atoms with Gasteiger partial charge in [0, 0.05) is 17.2 Å². The number of aromatic amines is 1. The van der Waals surface area contributed by atoms with Gasteiger partial charge in [-0.1, -0.05) is 27.7 Å². The van der Waals surface area contributed by atoms with E-state index in [4.69, 9.17) is 4.42 Å².